The van der Waals surface area contributed by atoms with Crippen LogP contribution >= 0.6 is 0 Å². The second kappa shape index (κ2) is 7.92. The van der Waals surface area contributed by atoms with E-state index in [4.69, 9.17) is 9.84 Å². The molecule has 0 aliphatic rings. The molecule has 0 saturated heterocycles. The lowest BCUT2D eigenvalue weighted by Gasteiger charge is -2.14. The summed E-state index contributed by atoms with van der Waals surface area (Å²) in [5.41, 5.74) is 0.610. The molecule has 1 unspecified atom stereocenters. The summed E-state index contributed by atoms with van der Waals surface area (Å²) >= 11 is 0. The van der Waals surface area contributed by atoms with Gasteiger partial charge in [0, 0.05) is 18.7 Å². The quantitative estimate of drug-likeness (QED) is 0.709. The minimum absolute atomic E-state index is 0.123. The van der Waals surface area contributed by atoms with Crippen LogP contribution in [0, 0.1) is 0 Å². The highest BCUT2D eigenvalue weighted by atomic mass is 32.2. The molecule has 1 rings (SSSR count). The molecule has 1 aromatic carbocycles. The van der Waals surface area contributed by atoms with Crippen LogP contribution in [-0.2, 0) is 19.6 Å². The molecule has 1 atom stereocenters. The number of sulfonamides is 1. The zero-order valence-corrected chi connectivity index (χ0v) is 12.8. The summed E-state index contributed by atoms with van der Waals surface area (Å²) in [5, 5.41) is 8.52. The van der Waals surface area contributed by atoms with Gasteiger partial charge in [-0.25, -0.2) is 17.9 Å². The summed E-state index contributed by atoms with van der Waals surface area (Å²) in [6.45, 7) is 4.38. The lowest BCUT2D eigenvalue weighted by Crippen LogP contribution is -2.35. The first-order chi connectivity index (χ1) is 9.85. The van der Waals surface area contributed by atoms with Crippen LogP contribution in [-0.4, -0.2) is 38.7 Å². The number of rotatable bonds is 8. The van der Waals surface area contributed by atoms with Crippen molar-refractivity contribution in [2.24, 2.45) is 0 Å². The Hall–Kier alpha value is -1.70. The van der Waals surface area contributed by atoms with Gasteiger partial charge in [-0.3, -0.25) is 0 Å². The van der Waals surface area contributed by atoms with E-state index in [9.17, 15) is 13.2 Å². The van der Waals surface area contributed by atoms with Gasteiger partial charge in [0.2, 0.25) is 10.0 Å². The molecule has 0 aromatic heterocycles. The van der Waals surface area contributed by atoms with Crippen molar-refractivity contribution in [1.82, 2.24) is 4.72 Å². The number of nitrogens with one attached hydrogen (secondary N) is 1. The van der Waals surface area contributed by atoms with Crippen molar-refractivity contribution in [3.63, 3.8) is 0 Å². The van der Waals surface area contributed by atoms with Crippen molar-refractivity contribution in [1.29, 1.82) is 0 Å². The normalized spacial score (nSPS) is 13.4. The van der Waals surface area contributed by atoms with E-state index in [2.05, 4.69) is 4.72 Å². The highest BCUT2D eigenvalue weighted by Gasteiger charge is 2.16. The predicted octanol–water partition coefficient (Wildman–Crippen LogP) is 1.49. The van der Waals surface area contributed by atoms with Gasteiger partial charge in [0.15, 0.2) is 0 Å². The molecular weight excluding hydrogens is 294 g/mol. The third kappa shape index (κ3) is 6.07. The van der Waals surface area contributed by atoms with Crippen LogP contribution in [0.15, 0.2) is 35.2 Å². The van der Waals surface area contributed by atoms with E-state index in [0.717, 1.165) is 6.08 Å². The molecule has 21 heavy (non-hydrogen) atoms. The van der Waals surface area contributed by atoms with Crippen LogP contribution in [0.3, 0.4) is 0 Å². The maximum Gasteiger partial charge on any atom is 0.328 e. The van der Waals surface area contributed by atoms with E-state index >= 15 is 0 Å². The van der Waals surface area contributed by atoms with Gasteiger partial charge in [0.05, 0.1) is 11.5 Å². The fraction of sp³-hybridized carbons (Fsp3) is 0.357. The summed E-state index contributed by atoms with van der Waals surface area (Å²) in [7, 11) is -3.61. The van der Waals surface area contributed by atoms with E-state index in [1.165, 1.54) is 18.2 Å². The number of hydrogen-bond acceptors (Lipinski definition) is 4. The van der Waals surface area contributed by atoms with Gasteiger partial charge >= 0.3 is 5.97 Å². The number of carboxylic acid groups (broad SMARTS) is 1. The van der Waals surface area contributed by atoms with E-state index < -0.39 is 16.0 Å². The molecule has 0 aliphatic heterocycles. The van der Waals surface area contributed by atoms with Crippen LogP contribution in [0.4, 0.5) is 0 Å². The van der Waals surface area contributed by atoms with Gasteiger partial charge in [-0.15, -0.1) is 0 Å². The molecule has 0 saturated carbocycles. The van der Waals surface area contributed by atoms with Gasteiger partial charge in [0.25, 0.3) is 0 Å². The van der Waals surface area contributed by atoms with Crippen molar-refractivity contribution in [2.75, 3.05) is 13.2 Å². The number of carboxylic acids is 1. The van der Waals surface area contributed by atoms with Crippen LogP contribution in [0.25, 0.3) is 6.08 Å². The Kier molecular flexibility index (Phi) is 6.54. The first-order valence-corrected chi connectivity index (χ1v) is 7.94. The van der Waals surface area contributed by atoms with Gasteiger partial charge in [0.1, 0.15) is 0 Å². The highest BCUT2D eigenvalue weighted by Crippen LogP contribution is 2.12. The Bertz CT molecular complexity index is 592. The Balaban J connectivity index is 2.78. The van der Waals surface area contributed by atoms with Crippen LogP contribution in [0.5, 0.6) is 0 Å². The molecule has 0 amide bonds. The monoisotopic (exact) mass is 313 g/mol. The first kappa shape index (κ1) is 17.4. The largest absolute Gasteiger partial charge is 0.478 e. The molecule has 0 aliphatic carbocycles. The summed E-state index contributed by atoms with van der Waals surface area (Å²) < 4.78 is 31.9. The first-order valence-electron chi connectivity index (χ1n) is 6.46. The molecule has 0 fully saturated rings. The van der Waals surface area contributed by atoms with Crippen LogP contribution < -0.4 is 4.72 Å². The molecule has 0 radical (unpaired) electrons. The predicted molar refractivity (Wildman–Crippen MR) is 79.4 cm³/mol. The molecule has 0 heterocycles. The van der Waals surface area contributed by atoms with Crippen LogP contribution in [0.2, 0.25) is 0 Å². The second-order valence-electron chi connectivity index (χ2n) is 4.42. The van der Waals surface area contributed by atoms with Crippen molar-refractivity contribution >= 4 is 22.1 Å². The summed E-state index contributed by atoms with van der Waals surface area (Å²) in [6, 6.07) is 5.61. The van der Waals surface area contributed by atoms with Gasteiger partial charge in [-0.05, 0) is 37.6 Å². The molecule has 1 aromatic rings. The fourth-order valence-electron chi connectivity index (χ4n) is 1.59. The van der Waals surface area contributed by atoms with Gasteiger partial charge in [-0.1, -0.05) is 12.1 Å². The lowest BCUT2D eigenvalue weighted by atomic mass is 10.2. The van der Waals surface area contributed by atoms with E-state index in [1.807, 2.05) is 6.92 Å². The van der Waals surface area contributed by atoms with Crippen molar-refractivity contribution in [3.05, 3.63) is 35.9 Å². The third-order valence-corrected chi connectivity index (χ3v) is 4.14. The molecule has 0 bridgehead atoms. The van der Waals surface area contributed by atoms with Gasteiger partial charge in [-0.2, -0.15) is 0 Å². The maximum absolute atomic E-state index is 12.1. The average molecular weight is 313 g/mol. The Morgan fingerprint density at radius 2 is 2.00 bits per heavy atom. The Labute approximate surface area is 124 Å². The molecule has 116 valence electrons. The minimum atomic E-state index is -3.61. The fourth-order valence-corrected chi connectivity index (χ4v) is 2.82. The summed E-state index contributed by atoms with van der Waals surface area (Å²) in [5.74, 6) is -1.06. The number of ether oxygens (including phenoxy) is 1. The van der Waals surface area contributed by atoms with Crippen LogP contribution in [0.1, 0.15) is 19.4 Å². The molecule has 6 nitrogen and oxygen atoms in total. The maximum atomic E-state index is 12.1. The number of aliphatic carboxylic acids is 1. The van der Waals surface area contributed by atoms with E-state index in [-0.39, 0.29) is 10.9 Å². The summed E-state index contributed by atoms with van der Waals surface area (Å²) in [4.78, 5) is 10.5. The highest BCUT2D eigenvalue weighted by molar-refractivity contribution is 7.89. The summed E-state index contributed by atoms with van der Waals surface area (Å²) in [6.07, 6.45) is 2.38. The zero-order chi connectivity index (χ0) is 15.9. The van der Waals surface area contributed by atoms with Gasteiger partial charge < -0.3 is 9.84 Å². The third-order valence-electron chi connectivity index (χ3n) is 2.54. The molecule has 7 heteroatoms. The number of hydrogen-bond donors (Lipinski definition) is 2. The van der Waals surface area contributed by atoms with Crippen molar-refractivity contribution < 1.29 is 23.1 Å². The number of carbonyl (C=O) groups is 1. The van der Waals surface area contributed by atoms with Crippen molar-refractivity contribution in [3.8, 4) is 0 Å². The standard InChI is InChI=1S/C14H19NO5S/c1-3-20-10-11(2)15-21(18,19)13-7-4-12(5-8-13)6-9-14(16)17/h4-9,11,15H,3,10H2,1-2H3,(H,16,17). The van der Waals surface area contributed by atoms with E-state index in [1.54, 1.807) is 19.1 Å². The smallest absolute Gasteiger partial charge is 0.328 e. The average Bonchev–Trinajstić information content (AvgIpc) is 2.43. The number of benzene rings is 1. The zero-order valence-electron chi connectivity index (χ0n) is 11.9. The topological polar surface area (TPSA) is 92.7 Å². The minimum Gasteiger partial charge on any atom is -0.478 e. The van der Waals surface area contributed by atoms with Crippen molar-refractivity contribution in [2.45, 2.75) is 24.8 Å². The Morgan fingerprint density at radius 1 is 1.38 bits per heavy atom. The SMILES string of the molecule is CCOCC(C)NS(=O)(=O)c1ccc(C=CC(=O)O)cc1. The Morgan fingerprint density at radius 3 is 2.52 bits per heavy atom. The second-order valence-corrected chi connectivity index (χ2v) is 6.14. The molecule has 0 spiro atoms. The molecule has 2 N–H and O–H groups in total. The lowest BCUT2D eigenvalue weighted by molar-refractivity contribution is -0.131. The molecular formula is C14H19NO5S. The van der Waals surface area contributed by atoms with E-state index in [0.29, 0.717) is 18.8 Å².